The van der Waals surface area contributed by atoms with Gasteiger partial charge in [-0.05, 0) is 18.2 Å². The van der Waals surface area contributed by atoms with Gasteiger partial charge < -0.3 is 14.6 Å². The van der Waals surface area contributed by atoms with E-state index in [1.165, 1.54) is 24.9 Å². The lowest BCUT2D eigenvalue weighted by molar-refractivity contribution is -0.306. The van der Waals surface area contributed by atoms with Gasteiger partial charge in [-0.1, -0.05) is 6.92 Å². The SMILES string of the molecule is CCC(CC(=O)[O-])C1=[N+]c2cc(C(F)(F)F)c(OC)cc2S1. The van der Waals surface area contributed by atoms with Gasteiger partial charge in [-0.2, -0.15) is 13.2 Å². The van der Waals surface area contributed by atoms with E-state index < -0.39 is 17.7 Å². The Bertz CT molecular complexity index is 628. The van der Waals surface area contributed by atoms with Gasteiger partial charge in [-0.15, -0.1) is 0 Å². The molecule has 0 saturated heterocycles. The van der Waals surface area contributed by atoms with Crippen LogP contribution in [0.15, 0.2) is 17.0 Å². The van der Waals surface area contributed by atoms with Crippen LogP contribution in [0.5, 0.6) is 5.75 Å². The number of aliphatic imine (C=N–C) groups is 1. The molecular weight excluding hydrogens is 319 g/mol. The van der Waals surface area contributed by atoms with Crippen LogP contribution in [0.1, 0.15) is 25.3 Å². The van der Waals surface area contributed by atoms with E-state index in [9.17, 15) is 23.1 Å². The summed E-state index contributed by atoms with van der Waals surface area (Å²) in [5.74, 6) is -1.86. The van der Waals surface area contributed by atoms with Gasteiger partial charge in [0.05, 0.1) is 18.0 Å². The van der Waals surface area contributed by atoms with Crippen molar-refractivity contribution in [3.63, 3.8) is 0 Å². The number of carbonyl (C=O) groups excluding carboxylic acids is 1. The van der Waals surface area contributed by atoms with Gasteiger partial charge in [0.1, 0.15) is 16.2 Å². The number of hydrogen-bond acceptors (Lipinski definition) is 5. The molecule has 1 aliphatic heterocycles. The molecule has 119 valence electrons. The summed E-state index contributed by atoms with van der Waals surface area (Å²) in [6.45, 7) is 1.79. The summed E-state index contributed by atoms with van der Waals surface area (Å²) in [7, 11) is 1.17. The molecule has 1 radical (unpaired) electrons. The minimum absolute atomic E-state index is 0.185. The number of ether oxygens (including phenoxy) is 1. The molecule has 2 rings (SSSR count). The fourth-order valence-electron chi connectivity index (χ4n) is 2.15. The highest BCUT2D eigenvalue weighted by Crippen LogP contribution is 2.45. The van der Waals surface area contributed by atoms with Crippen LogP contribution in [0.3, 0.4) is 0 Å². The molecule has 0 N–H and O–H groups in total. The van der Waals surface area contributed by atoms with Crippen LogP contribution in [0.2, 0.25) is 0 Å². The van der Waals surface area contributed by atoms with E-state index in [-0.39, 0.29) is 23.8 Å². The van der Waals surface area contributed by atoms with Gasteiger partial charge in [-0.3, -0.25) is 0 Å². The van der Waals surface area contributed by atoms with Gasteiger partial charge in [0.25, 0.3) is 10.7 Å². The number of carboxylic acids is 1. The molecule has 1 aromatic carbocycles. The first-order valence-corrected chi connectivity index (χ1v) is 7.33. The fraction of sp³-hybridized carbons (Fsp3) is 0.429. The van der Waals surface area contributed by atoms with E-state index >= 15 is 0 Å². The van der Waals surface area contributed by atoms with Crippen LogP contribution < -0.4 is 14.8 Å². The Labute approximate surface area is 129 Å². The second kappa shape index (κ2) is 6.20. The van der Waals surface area contributed by atoms with Gasteiger partial charge in [0.15, 0.2) is 0 Å². The number of carboxylic acid groups (broad SMARTS) is 1. The van der Waals surface area contributed by atoms with Crippen molar-refractivity contribution in [2.45, 2.75) is 30.8 Å². The van der Waals surface area contributed by atoms with E-state index in [1.54, 1.807) is 6.92 Å². The summed E-state index contributed by atoms with van der Waals surface area (Å²) in [5, 5.41) is 11.2. The third-order valence-corrected chi connectivity index (χ3v) is 4.47. The van der Waals surface area contributed by atoms with E-state index in [1.807, 2.05) is 0 Å². The zero-order valence-corrected chi connectivity index (χ0v) is 12.7. The maximum atomic E-state index is 13.0. The topological polar surface area (TPSA) is 63.5 Å². The molecule has 0 bridgehead atoms. The zero-order chi connectivity index (χ0) is 16.5. The molecule has 0 saturated carbocycles. The van der Waals surface area contributed by atoms with E-state index in [0.29, 0.717) is 16.4 Å². The quantitative estimate of drug-likeness (QED) is 0.830. The number of rotatable bonds is 5. The summed E-state index contributed by atoms with van der Waals surface area (Å²) in [6, 6.07) is 2.21. The molecule has 0 aromatic heterocycles. The lowest BCUT2D eigenvalue weighted by atomic mass is 10.0. The van der Waals surface area contributed by atoms with Gasteiger partial charge >= 0.3 is 6.18 Å². The van der Waals surface area contributed by atoms with E-state index in [2.05, 4.69) is 4.99 Å². The van der Waals surface area contributed by atoms with Crippen LogP contribution in [-0.2, 0) is 11.0 Å². The average Bonchev–Trinajstić information content (AvgIpc) is 2.84. The lowest BCUT2D eigenvalue weighted by Gasteiger charge is -2.11. The highest BCUT2D eigenvalue weighted by Gasteiger charge is 2.41. The predicted molar refractivity (Wildman–Crippen MR) is 74.1 cm³/mol. The van der Waals surface area contributed by atoms with Crippen molar-refractivity contribution in [3.8, 4) is 5.75 Å². The van der Waals surface area contributed by atoms with Gasteiger partial charge in [0.2, 0.25) is 0 Å². The van der Waals surface area contributed by atoms with Crippen LogP contribution in [0, 0.1) is 5.92 Å². The fourth-order valence-corrected chi connectivity index (χ4v) is 3.31. The van der Waals surface area contributed by atoms with Crippen molar-refractivity contribution < 1.29 is 27.8 Å². The largest absolute Gasteiger partial charge is 0.550 e. The zero-order valence-electron chi connectivity index (χ0n) is 11.9. The van der Waals surface area contributed by atoms with E-state index in [4.69, 9.17) is 4.74 Å². The average molecular weight is 332 g/mol. The second-order valence-electron chi connectivity index (χ2n) is 4.75. The number of aliphatic carboxylic acids is 1. The Kier molecular flexibility index (Phi) is 4.69. The summed E-state index contributed by atoms with van der Waals surface area (Å²) in [4.78, 5) is 15.4. The number of benzene rings is 1. The van der Waals surface area contributed by atoms with Crippen molar-refractivity contribution in [2.24, 2.45) is 5.92 Å². The minimum atomic E-state index is -4.54. The molecule has 0 aliphatic carbocycles. The maximum Gasteiger partial charge on any atom is 0.420 e. The van der Waals surface area contributed by atoms with Crippen molar-refractivity contribution in [1.29, 1.82) is 0 Å². The molecule has 1 heterocycles. The Hall–Kier alpha value is -1.70. The summed E-state index contributed by atoms with van der Waals surface area (Å²) in [6.07, 6.45) is -4.24. The normalized spacial score (nSPS) is 15.2. The number of hydrogen-bond donors (Lipinski definition) is 0. The maximum absolute atomic E-state index is 13.0. The first-order chi connectivity index (χ1) is 10.3. The number of methoxy groups -OCH3 is 1. The summed E-state index contributed by atoms with van der Waals surface area (Å²) >= 11 is 1.17. The minimum Gasteiger partial charge on any atom is -0.550 e. The van der Waals surface area contributed by atoms with Gasteiger partial charge in [-0.25, -0.2) is 0 Å². The molecular formula is C14H13F3NO3S. The van der Waals surface area contributed by atoms with Crippen molar-refractivity contribution >= 4 is 28.5 Å². The number of alkyl halides is 3. The monoisotopic (exact) mass is 332 g/mol. The van der Waals surface area contributed by atoms with Gasteiger partial charge in [0, 0.05) is 24.5 Å². The number of thioether (sulfide) groups is 1. The number of carbonyl (C=O) groups is 1. The number of nitrogens with zero attached hydrogens (tertiary/aromatic N) is 1. The number of fused-ring (bicyclic) bond motifs is 1. The Balaban J connectivity index is 2.38. The van der Waals surface area contributed by atoms with E-state index in [0.717, 1.165) is 6.07 Å². The molecule has 0 amide bonds. The van der Waals surface area contributed by atoms with Crippen LogP contribution in [0.4, 0.5) is 18.9 Å². The van der Waals surface area contributed by atoms with Crippen LogP contribution in [0.25, 0.3) is 0 Å². The van der Waals surface area contributed by atoms with Crippen molar-refractivity contribution in [2.75, 3.05) is 7.11 Å². The Morgan fingerprint density at radius 2 is 2.14 bits per heavy atom. The summed E-state index contributed by atoms with van der Waals surface area (Å²) < 4.78 is 43.7. The molecule has 1 unspecified atom stereocenters. The molecule has 0 fully saturated rings. The van der Waals surface area contributed by atoms with Crippen molar-refractivity contribution in [1.82, 2.24) is 4.99 Å². The number of halogens is 3. The molecule has 22 heavy (non-hydrogen) atoms. The standard InChI is InChI=1S/C14H14F3NO3S/c1-3-7(4-12(19)20)13-18-9-5-8(14(15,16)17)10(21-2)6-11(9)22-13/h5-7H,3-4H2,1-2H3,(H,19,20)/q+1/p-1. The first-order valence-electron chi connectivity index (χ1n) is 6.51. The molecule has 1 aromatic rings. The molecule has 4 nitrogen and oxygen atoms in total. The Morgan fingerprint density at radius 1 is 1.45 bits per heavy atom. The lowest BCUT2D eigenvalue weighted by Crippen LogP contribution is -2.27. The van der Waals surface area contributed by atoms with Crippen LogP contribution in [-0.4, -0.2) is 18.1 Å². The Morgan fingerprint density at radius 3 is 2.64 bits per heavy atom. The summed E-state index contributed by atoms with van der Waals surface area (Å²) in [5.41, 5.74) is -0.711. The molecule has 1 atom stereocenters. The van der Waals surface area contributed by atoms with Crippen LogP contribution >= 0.6 is 11.8 Å². The highest BCUT2D eigenvalue weighted by molar-refractivity contribution is 8.14. The highest BCUT2D eigenvalue weighted by atomic mass is 32.2. The molecule has 1 aliphatic rings. The smallest absolute Gasteiger partial charge is 0.420 e. The van der Waals surface area contributed by atoms with Crippen molar-refractivity contribution in [3.05, 3.63) is 17.7 Å². The molecule has 8 heteroatoms. The first kappa shape index (κ1) is 16.7. The second-order valence-corrected chi connectivity index (χ2v) is 5.81. The molecule has 0 spiro atoms. The third kappa shape index (κ3) is 3.37. The predicted octanol–water partition coefficient (Wildman–Crippen LogP) is 2.35. The third-order valence-electron chi connectivity index (χ3n) is 3.29.